The van der Waals surface area contributed by atoms with Crippen LogP contribution in [0.4, 0.5) is 10.1 Å². The normalized spacial score (nSPS) is 13.8. The van der Waals surface area contributed by atoms with Crippen LogP contribution in [0.25, 0.3) is 10.9 Å². The van der Waals surface area contributed by atoms with Crippen molar-refractivity contribution in [3.63, 3.8) is 0 Å². The van der Waals surface area contributed by atoms with E-state index in [1.807, 2.05) is 38.1 Å². The van der Waals surface area contributed by atoms with Crippen LogP contribution in [-0.2, 0) is 6.42 Å². The maximum absolute atomic E-state index is 13.5. The van der Waals surface area contributed by atoms with Crippen molar-refractivity contribution in [3.8, 4) is 0 Å². The molecule has 3 aromatic rings. The quantitative estimate of drug-likeness (QED) is 0.652. The minimum Gasteiger partial charge on any atom is -0.308 e. The number of hydrogen-bond acceptors (Lipinski definition) is 2. The highest BCUT2D eigenvalue weighted by molar-refractivity contribution is 6.14. The topological polar surface area (TPSA) is 33.2 Å². The first-order valence-corrected chi connectivity index (χ1v) is 8.51. The standard InChI is InChI=1S/C21H19FN2O/c1-13-5-7-19-17(10-13)18(11-14(2)23-19)21(25)24-9-3-4-15-12-16(22)6-8-20(15)24/h5-8,10-12H,3-4,9H2,1-2H3. The van der Waals surface area contributed by atoms with Crippen molar-refractivity contribution in [2.24, 2.45) is 0 Å². The largest absolute Gasteiger partial charge is 0.308 e. The molecule has 2 aromatic carbocycles. The number of halogens is 1. The zero-order valence-electron chi connectivity index (χ0n) is 14.3. The SMILES string of the molecule is Cc1ccc2nc(C)cc(C(=O)N3CCCc4cc(F)ccc43)c2c1. The van der Waals surface area contributed by atoms with Crippen LogP contribution in [0.15, 0.2) is 42.5 Å². The number of benzene rings is 2. The molecular formula is C21H19FN2O. The average Bonchev–Trinajstić information content (AvgIpc) is 2.60. The van der Waals surface area contributed by atoms with Crippen molar-refractivity contribution in [2.75, 3.05) is 11.4 Å². The Morgan fingerprint density at radius 2 is 1.96 bits per heavy atom. The minimum atomic E-state index is -0.256. The number of carbonyl (C=O) groups excluding carboxylic acids is 1. The first-order chi connectivity index (χ1) is 12.0. The number of nitrogens with zero attached hydrogens (tertiary/aromatic N) is 2. The molecular weight excluding hydrogens is 315 g/mol. The van der Waals surface area contributed by atoms with Crippen LogP contribution in [0.2, 0.25) is 0 Å². The van der Waals surface area contributed by atoms with E-state index in [0.717, 1.165) is 46.3 Å². The molecule has 0 fully saturated rings. The lowest BCUT2D eigenvalue weighted by molar-refractivity contribution is 0.0986. The van der Waals surface area contributed by atoms with Crippen LogP contribution in [-0.4, -0.2) is 17.4 Å². The Bertz CT molecular complexity index is 997. The molecule has 0 aliphatic carbocycles. The fraction of sp³-hybridized carbons (Fsp3) is 0.238. The summed E-state index contributed by atoms with van der Waals surface area (Å²) in [7, 11) is 0. The fourth-order valence-electron chi connectivity index (χ4n) is 3.57. The number of aryl methyl sites for hydroxylation is 3. The third kappa shape index (κ3) is 2.78. The van der Waals surface area contributed by atoms with Gasteiger partial charge in [0, 0.05) is 23.3 Å². The van der Waals surface area contributed by atoms with Gasteiger partial charge in [-0.25, -0.2) is 4.39 Å². The summed E-state index contributed by atoms with van der Waals surface area (Å²) in [6.45, 7) is 4.55. The van der Waals surface area contributed by atoms with E-state index in [1.54, 1.807) is 11.0 Å². The first kappa shape index (κ1) is 15.8. The van der Waals surface area contributed by atoms with Crippen molar-refractivity contribution in [1.82, 2.24) is 4.98 Å². The molecule has 1 amide bonds. The summed E-state index contributed by atoms with van der Waals surface area (Å²) in [5, 5.41) is 0.866. The number of anilines is 1. The number of hydrogen-bond donors (Lipinski definition) is 0. The van der Waals surface area contributed by atoms with Gasteiger partial charge in [-0.3, -0.25) is 9.78 Å². The van der Waals surface area contributed by atoms with Crippen LogP contribution >= 0.6 is 0 Å². The summed E-state index contributed by atoms with van der Waals surface area (Å²) in [6.07, 6.45) is 1.63. The summed E-state index contributed by atoms with van der Waals surface area (Å²) in [4.78, 5) is 19.6. The second-order valence-electron chi connectivity index (χ2n) is 6.67. The summed E-state index contributed by atoms with van der Waals surface area (Å²) >= 11 is 0. The molecule has 25 heavy (non-hydrogen) atoms. The molecule has 0 N–H and O–H groups in total. The summed E-state index contributed by atoms with van der Waals surface area (Å²) in [5.41, 5.74) is 5.09. The van der Waals surface area contributed by atoms with Crippen molar-refractivity contribution >= 4 is 22.5 Å². The number of pyridine rings is 1. The molecule has 4 rings (SSSR count). The molecule has 0 unspecified atom stereocenters. The highest BCUT2D eigenvalue weighted by Gasteiger charge is 2.25. The van der Waals surface area contributed by atoms with Gasteiger partial charge in [-0.1, -0.05) is 11.6 Å². The summed E-state index contributed by atoms with van der Waals surface area (Å²) < 4.78 is 13.5. The van der Waals surface area contributed by atoms with Crippen LogP contribution in [0.1, 0.15) is 33.6 Å². The molecule has 1 aliphatic heterocycles. The van der Waals surface area contributed by atoms with Crippen molar-refractivity contribution in [1.29, 1.82) is 0 Å². The highest BCUT2D eigenvalue weighted by atomic mass is 19.1. The second kappa shape index (κ2) is 5.96. The number of aromatic nitrogens is 1. The van der Waals surface area contributed by atoms with Gasteiger partial charge >= 0.3 is 0 Å². The number of rotatable bonds is 1. The molecule has 0 radical (unpaired) electrons. The van der Waals surface area contributed by atoms with Gasteiger partial charge in [0.05, 0.1) is 11.1 Å². The molecule has 126 valence electrons. The molecule has 3 nitrogen and oxygen atoms in total. The van der Waals surface area contributed by atoms with E-state index in [9.17, 15) is 9.18 Å². The molecule has 1 aromatic heterocycles. The highest BCUT2D eigenvalue weighted by Crippen LogP contribution is 2.30. The third-order valence-corrected chi connectivity index (χ3v) is 4.73. The number of fused-ring (bicyclic) bond motifs is 2. The Labute approximate surface area is 146 Å². The Kier molecular flexibility index (Phi) is 3.75. The summed E-state index contributed by atoms with van der Waals surface area (Å²) in [5.74, 6) is -0.303. The summed E-state index contributed by atoms with van der Waals surface area (Å²) in [6, 6.07) is 12.5. The minimum absolute atomic E-state index is 0.0475. The monoisotopic (exact) mass is 334 g/mol. The maximum atomic E-state index is 13.5. The van der Waals surface area contributed by atoms with E-state index >= 15 is 0 Å². The molecule has 0 saturated heterocycles. The van der Waals surface area contributed by atoms with E-state index in [2.05, 4.69) is 4.98 Å². The van der Waals surface area contributed by atoms with Crippen LogP contribution in [0.3, 0.4) is 0 Å². The van der Waals surface area contributed by atoms with Gasteiger partial charge in [-0.15, -0.1) is 0 Å². The van der Waals surface area contributed by atoms with Gasteiger partial charge in [-0.2, -0.15) is 0 Å². The van der Waals surface area contributed by atoms with Gasteiger partial charge in [0.1, 0.15) is 5.82 Å². The fourth-order valence-corrected chi connectivity index (χ4v) is 3.57. The Morgan fingerprint density at radius 1 is 1.12 bits per heavy atom. The molecule has 4 heteroatoms. The second-order valence-corrected chi connectivity index (χ2v) is 6.67. The van der Waals surface area contributed by atoms with Crippen molar-refractivity contribution < 1.29 is 9.18 Å². The number of amides is 1. The lowest BCUT2D eigenvalue weighted by Gasteiger charge is -2.30. The average molecular weight is 334 g/mol. The Balaban J connectivity index is 1.85. The lowest BCUT2D eigenvalue weighted by Crippen LogP contribution is -2.35. The van der Waals surface area contributed by atoms with E-state index in [-0.39, 0.29) is 11.7 Å². The third-order valence-electron chi connectivity index (χ3n) is 4.73. The van der Waals surface area contributed by atoms with Gasteiger partial charge < -0.3 is 4.90 Å². The first-order valence-electron chi connectivity index (χ1n) is 8.51. The van der Waals surface area contributed by atoms with Crippen LogP contribution in [0.5, 0.6) is 0 Å². The predicted molar refractivity (Wildman–Crippen MR) is 97.6 cm³/mol. The van der Waals surface area contributed by atoms with Gasteiger partial charge in [0.2, 0.25) is 0 Å². The van der Waals surface area contributed by atoms with Crippen LogP contribution in [0, 0.1) is 19.7 Å². The van der Waals surface area contributed by atoms with Gasteiger partial charge in [-0.05, 0) is 68.7 Å². The molecule has 1 aliphatic rings. The van der Waals surface area contributed by atoms with E-state index in [0.29, 0.717) is 12.1 Å². The van der Waals surface area contributed by atoms with Crippen molar-refractivity contribution in [2.45, 2.75) is 26.7 Å². The van der Waals surface area contributed by atoms with E-state index in [4.69, 9.17) is 0 Å². The smallest absolute Gasteiger partial charge is 0.259 e. The lowest BCUT2D eigenvalue weighted by atomic mass is 9.99. The predicted octanol–water partition coefficient (Wildman–Crippen LogP) is 4.58. The molecule has 2 heterocycles. The molecule has 0 bridgehead atoms. The molecule has 0 spiro atoms. The van der Waals surface area contributed by atoms with E-state index in [1.165, 1.54) is 12.1 Å². The van der Waals surface area contributed by atoms with Crippen molar-refractivity contribution in [3.05, 3.63) is 70.7 Å². The van der Waals surface area contributed by atoms with Gasteiger partial charge in [0.25, 0.3) is 5.91 Å². The Hall–Kier alpha value is -2.75. The van der Waals surface area contributed by atoms with Gasteiger partial charge in [0.15, 0.2) is 0 Å². The number of carbonyl (C=O) groups is 1. The molecule has 0 atom stereocenters. The Morgan fingerprint density at radius 3 is 2.80 bits per heavy atom. The van der Waals surface area contributed by atoms with Crippen LogP contribution < -0.4 is 4.90 Å². The van der Waals surface area contributed by atoms with E-state index < -0.39 is 0 Å². The zero-order valence-corrected chi connectivity index (χ0v) is 14.3. The zero-order chi connectivity index (χ0) is 17.6. The maximum Gasteiger partial charge on any atom is 0.259 e. The molecule has 0 saturated carbocycles.